The molecule has 0 aliphatic carbocycles. The fraction of sp³-hybridized carbons (Fsp3) is 0.176. The number of aryl methyl sites for hydroxylation is 1. The monoisotopic (exact) mass is 311 g/mol. The van der Waals surface area contributed by atoms with Gasteiger partial charge in [-0.25, -0.2) is 4.39 Å². The molecule has 2 atom stereocenters. The summed E-state index contributed by atoms with van der Waals surface area (Å²) in [7, 11) is 0. The van der Waals surface area contributed by atoms with Crippen molar-refractivity contribution in [2.24, 2.45) is 5.73 Å². The van der Waals surface area contributed by atoms with Gasteiger partial charge in [0.25, 0.3) is 0 Å². The van der Waals surface area contributed by atoms with E-state index in [1.165, 1.54) is 17.8 Å². The van der Waals surface area contributed by atoms with Gasteiger partial charge in [0.2, 0.25) is 0 Å². The lowest BCUT2D eigenvalue weighted by atomic mass is 10.0. The first-order valence-electron chi connectivity index (χ1n) is 6.62. The molecule has 110 valence electrons. The molecule has 3 nitrogen and oxygen atoms in total. The molecule has 1 fully saturated rings. The van der Waals surface area contributed by atoms with Crippen molar-refractivity contribution in [1.82, 2.24) is 0 Å². The van der Waals surface area contributed by atoms with Gasteiger partial charge in [-0.1, -0.05) is 24.3 Å². The summed E-state index contributed by atoms with van der Waals surface area (Å²) in [5.74, 6) is -0.207. The maximum Gasteiger partial charge on any atom is 0.126 e. The molecule has 1 saturated heterocycles. The van der Waals surface area contributed by atoms with Crippen LogP contribution in [0.3, 0.4) is 0 Å². The Morgan fingerprint density at radius 3 is 2.09 bits per heavy atom. The third-order valence-electron chi connectivity index (χ3n) is 3.17. The van der Waals surface area contributed by atoms with Crippen molar-refractivity contribution in [3.05, 3.63) is 59.4 Å². The molecule has 3 rings (SSSR count). The predicted octanol–water partition coefficient (Wildman–Crippen LogP) is 3.58. The lowest BCUT2D eigenvalue weighted by molar-refractivity contribution is 0.619. The third-order valence-corrected chi connectivity index (χ3v) is 4.14. The van der Waals surface area contributed by atoms with Crippen LogP contribution in [0.5, 0.6) is 0 Å². The van der Waals surface area contributed by atoms with Crippen LogP contribution in [0.2, 0.25) is 0 Å². The minimum atomic E-state index is -0.207. The van der Waals surface area contributed by atoms with Crippen LogP contribution in [0.25, 0.3) is 11.1 Å². The Balaban J connectivity index is 0.000000246. The van der Waals surface area contributed by atoms with Gasteiger partial charge in [-0.15, -0.1) is 11.8 Å². The normalized spacial score (nSPS) is 18.4. The third kappa shape index (κ3) is 4.08. The van der Waals surface area contributed by atoms with Crippen molar-refractivity contribution >= 4 is 11.8 Å². The highest BCUT2D eigenvalue weighted by Gasteiger charge is 2.34. The molecule has 2 N–H and O–H groups in total. The number of halogens is 1. The van der Waals surface area contributed by atoms with Crippen molar-refractivity contribution in [2.75, 3.05) is 0 Å². The van der Waals surface area contributed by atoms with E-state index < -0.39 is 0 Å². The summed E-state index contributed by atoms with van der Waals surface area (Å²) in [6.07, 6.45) is 0. The van der Waals surface area contributed by atoms with Crippen LogP contribution in [-0.4, -0.2) is 10.6 Å². The maximum atomic E-state index is 13.4. The molecule has 22 heavy (non-hydrogen) atoms. The SMILES string of the molecule is Cc1ccc(-c2ccc(C#N)cc2)cc1F.N#CC1SC1N. The number of nitrogens with two attached hydrogens (primary N) is 1. The Morgan fingerprint density at radius 2 is 1.68 bits per heavy atom. The summed E-state index contributed by atoms with van der Waals surface area (Å²) < 4.78 is 13.4. The van der Waals surface area contributed by atoms with Crippen LogP contribution >= 0.6 is 11.8 Å². The number of benzene rings is 2. The van der Waals surface area contributed by atoms with E-state index in [9.17, 15) is 4.39 Å². The first-order chi connectivity index (χ1) is 10.5. The topological polar surface area (TPSA) is 73.6 Å². The smallest absolute Gasteiger partial charge is 0.126 e. The first-order valence-corrected chi connectivity index (χ1v) is 7.57. The van der Waals surface area contributed by atoms with Crippen LogP contribution < -0.4 is 5.73 Å². The molecule has 2 aromatic rings. The van der Waals surface area contributed by atoms with Gasteiger partial charge in [0.05, 0.1) is 23.1 Å². The number of nitriles is 2. The number of nitrogens with zero attached hydrogens (tertiary/aromatic N) is 2. The Kier molecular flexibility index (Phi) is 5.16. The van der Waals surface area contributed by atoms with Gasteiger partial charge in [-0.3, -0.25) is 0 Å². The zero-order valence-electron chi connectivity index (χ0n) is 12.0. The largest absolute Gasteiger partial charge is 0.318 e. The highest BCUT2D eigenvalue weighted by atomic mass is 32.2. The van der Waals surface area contributed by atoms with Crippen molar-refractivity contribution < 1.29 is 4.39 Å². The number of rotatable bonds is 1. The van der Waals surface area contributed by atoms with Gasteiger partial charge in [-0.2, -0.15) is 10.5 Å². The van der Waals surface area contributed by atoms with E-state index in [1.807, 2.05) is 24.3 Å². The van der Waals surface area contributed by atoms with Crippen LogP contribution in [0, 0.1) is 35.4 Å². The second-order valence-corrected chi connectivity index (χ2v) is 6.13. The fourth-order valence-electron chi connectivity index (χ4n) is 1.74. The molecule has 2 unspecified atom stereocenters. The average molecular weight is 311 g/mol. The molecule has 2 aromatic carbocycles. The van der Waals surface area contributed by atoms with Crippen LogP contribution in [0.15, 0.2) is 42.5 Å². The average Bonchev–Trinajstić information content (AvgIpc) is 3.27. The van der Waals surface area contributed by atoms with Crippen LogP contribution in [0.4, 0.5) is 4.39 Å². The first kappa shape index (κ1) is 16.0. The lowest BCUT2D eigenvalue weighted by Gasteiger charge is -2.03. The van der Waals surface area contributed by atoms with Crippen molar-refractivity contribution in [1.29, 1.82) is 10.5 Å². The summed E-state index contributed by atoms with van der Waals surface area (Å²) >= 11 is 1.51. The molecule has 0 aromatic heterocycles. The van der Waals surface area contributed by atoms with Crippen molar-refractivity contribution in [3.63, 3.8) is 0 Å². The van der Waals surface area contributed by atoms with Gasteiger partial charge in [0, 0.05) is 0 Å². The number of thioether (sulfide) groups is 1. The van der Waals surface area contributed by atoms with Gasteiger partial charge in [0.1, 0.15) is 11.1 Å². The van der Waals surface area contributed by atoms with E-state index in [4.69, 9.17) is 16.3 Å². The molecule has 5 heteroatoms. The fourth-order valence-corrected chi connectivity index (χ4v) is 2.11. The Morgan fingerprint density at radius 1 is 1.09 bits per heavy atom. The zero-order valence-corrected chi connectivity index (χ0v) is 12.8. The predicted molar refractivity (Wildman–Crippen MR) is 86.3 cm³/mol. The number of hydrogen-bond acceptors (Lipinski definition) is 4. The molecule has 0 bridgehead atoms. The molecule has 0 spiro atoms. The number of hydrogen-bond donors (Lipinski definition) is 1. The molecule has 1 aliphatic rings. The summed E-state index contributed by atoms with van der Waals surface area (Å²) in [6, 6.07) is 16.3. The Labute approximate surface area is 133 Å². The van der Waals surface area contributed by atoms with Gasteiger partial charge < -0.3 is 5.73 Å². The second kappa shape index (κ2) is 7.09. The van der Waals surface area contributed by atoms with E-state index >= 15 is 0 Å². The molecule has 0 radical (unpaired) electrons. The summed E-state index contributed by atoms with van der Waals surface area (Å²) in [5, 5.41) is 16.9. The molecule has 0 amide bonds. The summed E-state index contributed by atoms with van der Waals surface area (Å²) in [6.45, 7) is 1.73. The van der Waals surface area contributed by atoms with Gasteiger partial charge in [-0.05, 0) is 41.8 Å². The van der Waals surface area contributed by atoms with Crippen LogP contribution in [0.1, 0.15) is 11.1 Å². The molecule has 0 saturated carbocycles. The Hall–Kier alpha value is -2.34. The highest BCUT2D eigenvalue weighted by Crippen LogP contribution is 2.35. The molecule has 1 heterocycles. The highest BCUT2D eigenvalue weighted by molar-refractivity contribution is 8.07. The van der Waals surface area contributed by atoms with Crippen LogP contribution in [-0.2, 0) is 0 Å². The zero-order chi connectivity index (χ0) is 16.1. The summed E-state index contributed by atoms with van der Waals surface area (Å²) in [4.78, 5) is 0. The maximum absolute atomic E-state index is 13.4. The lowest BCUT2D eigenvalue weighted by Crippen LogP contribution is -2.02. The van der Waals surface area contributed by atoms with E-state index in [0.717, 1.165) is 11.1 Å². The quantitative estimate of drug-likeness (QED) is 0.817. The van der Waals surface area contributed by atoms with E-state index in [-0.39, 0.29) is 16.4 Å². The molecule has 1 aliphatic heterocycles. The van der Waals surface area contributed by atoms with E-state index in [1.54, 1.807) is 25.1 Å². The minimum Gasteiger partial charge on any atom is -0.318 e. The second-order valence-electron chi connectivity index (χ2n) is 4.80. The molecular formula is C17H14FN3S. The standard InChI is InChI=1S/C14H10FN.C3H4N2S/c1-10-2-5-13(8-14(10)15)12-6-3-11(9-16)4-7-12;4-1-2-3(5)6-2/h2-8H,1H3;2-3H,5H2. The van der Waals surface area contributed by atoms with Crippen molar-refractivity contribution in [2.45, 2.75) is 17.5 Å². The Bertz CT molecular complexity index is 744. The summed E-state index contributed by atoms with van der Waals surface area (Å²) in [5.41, 5.74) is 8.20. The van der Waals surface area contributed by atoms with E-state index in [0.29, 0.717) is 11.1 Å². The van der Waals surface area contributed by atoms with Gasteiger partial charge >= 0.3 is 0 Å². The minimum absolute atomic E-state index is 0.102. The molecular weight excluding hydrogens is 297 g/mol. The van der Waals surface area contributed by atoms with Crippen molar-refractivity contribution in [3.8, 4) is 23.3 Å². The van der Waals surface area contributed by atoms with Gasteiger partial charge in [0.15, 0.2) is 0 Å². The van der Waals surface area contributed by atoms with E-state index in [2.05, 4.69) is 6.07 Å².